The Bertz CT molecular complexity index is 725. The quantitative estimate of drug-likeness (QED) is 0.660. The number of nitrogens with zero attached hydrogens (tertiary/aromatic N) is 5. The number of piperidine rings is 1. The van der Waals surface area contributed by atoms with Gasteiger partial charge in [-0.3, -0.25) is 9.78 Å². The van der Waals surface area contributed by atoms with E-state index >= 15 is 0 Å². The molecular formula is C21H31N5O2. The maximum absolute atomic E-state index is 12.5. The number of unbranched alkanes of at least 4 members (excludes halogenated alkanes) is 1. The Hall–Kier alpha value is -2.28. The van der Waals surface area contributed by atoms with Gasteiger partial charge in [0.25, 0.3) is 0 Å². The molecule has 7 nitrogen and oxygen atoms in total. The highest BCUT2D eigenvalue weighted by Crippen LogP contribution is 2.20. The lowest BCUT2D eigenvalue weighted by Crippen LogP contribution is -2.41. The average molecular weight is 386 g/mol. The fraction of sp³-hybridized carbons (Fsp3) is 0.619. The molecule has 0 aromatic carbocycles. The lowest BCUT2D eigenvalue weighted by molar-refractivity contribution is -0.132. The van der Waals surface area contributed by atoms with E-state index in [1.807, 2.05) is 17.0 Å². The molecule has 0 spiro atoms. The summed E-state index contributed by atoms with van der Waals surface area (Å²) < 4.78 is 5.28. The molecule has 0 bridgehead atoms. The van der Waals surface area contributed by atoms with Gasteiger partial charge in [0.15, 0.2) is 0 Å². The van der Waals surface area contributed by atoms with E-state index in [1.165, 1.54) is 19.4 Å². The van der Waals surface area contributed by atoms with E-state index in [0.717, 1.165) is 38.0 Å². The summed E-state index contributed by atoms with van der Waals surface area (Å²) in [6, 6.07) is 3.72. The van der Waals surface area contributed by atoms with Crippen molar-refractivity contribution in [2.75, 3.05) is 33.2 Å². The zero-order valence-electron chi connectivity index (χ0n) is 17.0. The van der Waals surface area contributed by atoms with E-state index in [-0.39, 0.29) is 5.91 Å². The number of pyridine rings is 1. The second kappa shape index (κ2) is 10.3. The van der Waals surface area contributed by atoms with E-state index in [0.29, 0.717) is 30.5 Å². The molecule has 1 amide bonds. The number of rotatable bonds is 9. The van der Waals surface area contributed by atoms with Crippen molar-refractivity contribution in [1.29, 1.82) is 0 Å². The molecule has 0 atom stereocenters. The van der Waals surface area contributed by atoms with Crippen LogP contribution in [-0.2, 0) is 11.2 Å². The summed E-state index contributed by atoms with van der Waals surface area (Å²) in [5.41, 5.74) is 0.815. The summed E-state index contributed by atoms with van der Waals surface area (Å²) in [4.78, 5) is 25.4. The van der Waals surface area contributed by atoms with Crippen molar-refractivity contribution >= 4 is 5.91 Å². The first kappa shape index (κ1) is 20.5. The SMILES string of the molecule is CCCCN(C)CC1CCN(C(=O)CCc2nc(-c3cccnc3)no2)CC1. The van der Waals surface area contributed by atoms with Crippen LogP contribution in [0.2, 0.25) is 0 Å². The molecule has 7 heteroatoms. The predicted molar refractivity (Wildman–Crippen MR) is 108 cm³/mol. The zero-order valence-corrected chi connectivity index (χ0v) is 17.0. The number of hydrogen-bond donors (Lipinski definition) is 0. The topological polar surface area (TPSA) is 75.4 Å². The molecule has 0 radical (unpaired) electrons. The monoisotopic (exact) mass is 385 g/mol. The molecule has 0 unspecified atom stereocenters. The van der Waals surface area contributed by atoms with Gasteiger partial charge in [0.2, 0.25) is 17.6 Å². The molecule has 28 heavy (non-hydrogen) atoms. The summed E-state index contributed by atoms with van der Waals surface area (Å²) in [5, 5.41) is 3.98. The minimum absolute atomic E-state index is 0.180. The van der Waals surface area contributed by atoms with Crippen molar-refractivity contribution < 1.29 is 9.32 Å². The van der Waals surface area contributed by atoms with Crippen LogP contribution in [0.4, 0.5) is 0 Å². The third-order valence-electron chi connectivity index (χ3n) is 5.37. The number of likely N-dealkylation sites (tertiary alicyclic amines) is 1. The first-order valence-electron chi connectivity index (χ1n) is 10.3. The van der Waals surface area contributed by atoms with Gasteiger partial charge in [-0.15, -0.1) is 0 Å². The molecule has 0 saturated carbocycles. The largest absolute Gasteiger partial charge is 0.343 e. The maximum Gasteiger partial charge on any atom is 0.227 e. The van der Waals surface area contributed by atoms with Gasteiger partial charge in [-0.25, -0.2) is 0 Å². The van der Waals surface area contributed by atoms with Crippen LogP contribution >= 0.6 is 0 Å². The molecule has 0 N–H and O–H groups in total. The van der Waals surface area contributed by atoms with Gasteiger partial charge in [-0.1, -0.05) is 18.5 Å². The van der Waals surface area contributed by atoms with Crippen LogP contribution in [0, 0.1) is 5.92 Å². The molecule has 1 aliphatic heterocycles. The van der Waals surface area contributed by atoms with Crippen molar-refractivity contribution in [2.24, 2.45) is 5.92 Å². The summed E-state index contributed by atoms with van der Waals surface area (Å²) >= 11 is 0. The second-order valence-electron chi connectivity index (χ2n) is 7.69. The van der Waals surface area contributed by atoms with Crippen LogP contribution in [0.25, 0.3) is 11.4 Å². The average Bonchev–Trinajstić information content (AvgIpc) is 3.21. The summed E-state index contributed by atoms with van der Waals surface area (Å²) in [6.07, 6.45) is 8.97. The maximum atomic E-state index is 12.5. The number of aryl methyl sites for hydroxylation is 1. The highest BCUT2D eigenvalue weighted by atomic mass is 16.5. The van der Waals surface area contributed by atoms with E-state index < -0.39 is 0 Å². The van der Waals surface area contributed by atoms with Crippen LogP contribution < -0.4 is 0 Å². The Morgan fingerprint density at radius 2 is 2.18 bits per heavy atom. The highest BCUT2D eigenvalue weighted by Gasteiger charge is 2.23. The van der Waals surface area contributed by atoms with Gasteiger partial charge in [0, 0.05) is 50.4 Å². The van der Waals surface area contributed by atoms with Crippen LogP contribution in [0.5, 0.6) is 0 Å². The fourth-order valence-corrected chi connectivity index (χ4v) is 3.67. The standard InChI is InChI=1S/C21H31N5O2/c1-3-4-12-25(2)16-17-9-13-26(14-10-17)20(27)8-7-19-23-21(24-28-19)18-6-5-11-22-15-18/h5-6,11,15,17H,3-4,7-10,12-14,16H2,1-2H3. The van der Waals surface area contributed by atoms with Crippen LogP contribution in [0.3, 0.4) is 0 Å². The van der Waals surface area contributed by atoms with E-state index in [1.54, 1.807) is 12.4 Å². The molecule has 3 heterocycles. The van der Waals surface area contributed by atoms with E-state index in [4.69, 9.17) is 4.52 Å². The van der Waals surface area contributed by atoms with Gasteiger partial charge in [-0.05, 0) is 50.9 Å². The van der Waals surface area contributed by atoms with Gasteiger partial charge in [0.05, 0.1) is 0 Å². The zero-order chi connectivity index (χ0) is 19.8. The third-order valence-corrected chi connectivity index (χ3v) is 5.37. The van der Waals surface area contributed by atoms with Gasteiger partial charge < -0.3 is 14.3 Å². The first-order chi connectivity index (χ1) is 13.7. The van der Waals surface area contributed by atoms with Crippen molar-refractivity contribution in [3.8, 4) is 11.4 Å². The van der Waals surface area contributed by atoms with Crippen LogP contribution in [-0.4, -0.2) is 64.1 Å². The molecule has 1 aliphatic rings. The van der Waals surface area contributed by atoms with Crippen LogP contribution in [0.15, 0.2) is 29.0 Å². The molecule has 1 saturated heterocycles. The second-order valence-corrected chi connectivity index (χ2v) is 7.69. The predicted octanol–water partition coefficient (Wildman–Crippen LogP) is 3.03. The number of carbonyl (C=O) groups is 1. The Balaban J connectivity index is 1.40. The van der Waals surface area contributed by atoms with Crippen molar-refractivity contribution in [3.63, 3.8) is 0 Å². The minimum atomic E-state index is 0.180. The van der Waals surface area contributed by atoms with Crippen molar-refractivity contribution in [2.45, 2.75) is 45.4 Å². The van der Waals surface area contributed by atoms with Crippen molar-refractivity contribution in [3.05, 3.63) is 30.4 Å². The molecule has 152 valence electrons. The Labute approximate surface area is 167 Å². The highest BCUT2D eigenvalue weighted by molar-refractivity contribution is 5.76. The van der Waals surface area contributed by atoms with E-state index in [9.17, 15) is 4.79 Å². The number of carbonyl (C=O) groups excluding carboxylic acids is 1. The van der Waals surface area contributed by atoms with Gasteiger partial charge in [0.1, 0.15) is 0 Å². The van der Waals surface area contributed by atoms with Gasteiger partial charge >= 0.3 is 0 Å². The summed E-state index contributed by atoms with van der Waals surface area (Å²) in [6.45, 7) is 6.25. The fourth-order valence-electron chi connectivity index (χ4n) is 3.67. The van der Waals surface area contributed by atoms with Crippen LogP contribution in [0.1, 0.15) is 44.9 Å². The lowest BCUT2D eigenvalue weighted by atomic mass is 9.96. The van der Waals surface area contributed by atoms with Gasteiger partial charge in [-0.2, -0.15) is 4.98 Å². The van der Waals surface area contributed by atoms with Crippen molar-refractivity contribution in [1.82, 2.24) is 24.9 Å². The third kappa shape index (κ3) is 5.86. The Kier molecular flexibility index (Phi) is 7.54. The summed E-state index contributed by atoms with van der Waals surface area (Å²) in [7, 11) is 2.21. The number of hydrogen-bond acceptors (Lipinski definition) is 6. The number of amides is 1. The molecule has 2 aromatic heterocycles. The normalized spacial score (nSPS) is 15.3. The molecule has 2 aromatic rings. The smallest absolute Gasteiger partial charge is 0.227 e. The molecule has 3 rings (SSSR count). The van der Waals surface area contributed by atoms with E-state index in [2.05, 4.69) is 34.0 Å². The molecule has 0 aliphatic carbocycles. The number of aromatic nitrogens is 3. The molecular weight excluding hydrogens is 354 g/mol. The first-order valence-corrected chi connectivity index (χ1v) is 10.3. The lowest BCUT2D eigenvalue weighted by Gasteiger charge is -2.34. The Morgan fingerprint density at radius 3 is 2.89 bits per heavy atom. The molecule has 1 fully saturated rings. The minimum Gasteiger partial charge on any atom is -0.343 e. The Morgan fingerprint density at radius 1 is 1.36 bits per heavy atom. The summed E-state index contributed by atoms with van der Waals surface area (Å²) in [5.74, 6) is 1.89.